The lowest BCUT2D eigenvalue weighted by atomic mass is 10.1. The van der Waals surface area contributed by atoms with Crippen LogP contribution in [0.1, 0.15) is 175 Å². The van der Waals surface area contributed by atoms with E-state index in [1.165, 1.54) is 110 Å². The van der Waals surface area contributed by atoms with Crippen LogP contribution in [-0.4, -0.2) is 37.2 Å². The van der Waals surface area contributed by atoms with E-state index in [1.807, 2.05) is 0 Å². The number of ether oxygens (including phenoxy) is 3. The molecule has 0 unspecified atom stereocenters. The summed E-state index contributed by atoms with van der Waals surface area (Å²) in [6.07, 6.45) is 26.9. The summed E-state index contributed by atoms with van der Waals surface area (Å²) in [6.45, 7) is 5.62. The van der Waals surface area contributed by atoms with Crippen LogP contribution in [-0.2, 0) is 28.6 Å². The molecule has 39 heavy (non-hydrogen) atoms. The molecule has 0 aromatic heterocycles. The van der Waals surface area contributed by atoms with Crippen LogP contribution in [0.15, 0.2) is 0 Å². The summed E-state index contributed by atoms with van der Waals surface area (Å²) < 4.78 is 15.8. The Morgan fingerprint density at radius 2 is 0.744 bits per heavy atom. The van der Waals surface area contributed by atoms with Crippen molar-refractivity contribution in [1.29, 1.82) is 0 Å². The third-order valence-electron chi connectivity index (χ3n) is 7.16. The SMILES string of the molecule is CCCCCCCCCCCCCC(=O)OCC(COC(=O)CCCCCCCCCCCCC)OC(C)=O. The lowest BCUT2D eigenvalue weighted by Crippen LogP contribution is -2.30. The Morgan fingerprint density at radius 1 is 0.462 bits per heavy atom. The van der Waals surface area contributed by atoms with Gasteiger partial charge in [-0.3, -0.25) is 14.4 Å². The van der Waals surface area contributed by atoms with E-state index < -0.39 is 12.1 Å². The van der Waals surface area contributed by atoms with Crippen LogP contribution in [0.2, 0.25) is 0 Å². The molecule has 0 saturated heterocycles. The van der Waals surface area contributed by atoms with E-state index in [9.17, 15) is 14.4 Å². The van der Waals surface area contributed by atoms with Crippen molar-refractivity contribution >= 4 is 17.9 Å². The number of rotatable bonds is 29. The number of esters is 3. The van der Waals surface area contributed by atoms with Crippen LogP contribution in [0.25, 0.3) is 0 Å². The average molecular weight is 555 g/mol. The summed E-state index contributed by atoms with van der Waals surface area (Å²) in [5.41, 5.74) is 0. The zero-order valence-electron chi connectivity index (χ0n) is 25.9. The lowest BCUT2D eigenvalue weighted by Gasteiger charge is -2.17. The minimum atomic E-state index is -0.759. The first-order valence-electron chi connectivity index (χ1n) is 16.5. The van der Waals surface area contributed by atoms with E-state index in [0.717, 1.165) is 38.5 Å². The molecule has 6 heteroatoms. The summed E-state index contributed by atoms with van der Waals surface area (Å²) in [4.78, 5) is 35.6. The predicted octanol–water partition coefficient (Wildman–Crippen LogP) is 9.41. The summed E-state index contributed by atoms with van der Waals surface area (Å²) in [5, 5.41) is 0. The second-order valence-corrected chi connectivity index (χ2v) is 11.2. The average Bonchev–Trinajstić information content (AvgIpc) is 2.91. The maximum Gasteiger partial charge on any atom is 0.305 e. The summed E-state index contributed by atoms with van der Waals surface area (Å²) >= 11 is 0. The summed E-state index contributed by atoms with van der Waals surface area (Å²) in [5.74, 6) is -1.08. The number of carbonyl (C=O) groups is 3. The van der Waals surface area contributed by atoms with Gasteiger partial charge in [0.2, 0.25) is 0 Å². The van der Waals surface area contributed by atoms with Crippen molar-refractivity contribution in [2.45, 2.75) is 181 Å². The van der Waals surface area contributed by atoms with Gasteiger partial charge in [0.25, 0.3) is 0 Å². The Kier molecular flexibility index (Phi) is 28.2. The lowest BCUT2D eigenvalue weighted by molar-refractivity contribution is -0.165. The van der Waals surface area contributed by atoms with Gasteiger partial charge in [0, 0.05) is 19.8 Å². The van der Waals surface area contributed by atoms with Crippen LogP contribution in [0.4, 0.5) is 0 Å². The molecule has 0 aromatic carbocycles. The second-order valence-electron chi connectivity index (χ2n) is 11.2. The first-order chi connectivity index (χ1) is 19.0. The Morgan fingerprint density at radius 3 is 1.03 bits per heavy atom. The molecule has 0 fully saturated rings. The molecule has 0 radical (unpaired) electrons. The molecule has 230 valence electrons. The molecule has 0 rings (SSSR count). The van der Waals surface area contributed by atoms with Gasteiger partial charge in [-0.25, -0.2) is 0 Å². The Hall–Kier alpha value is -1.59. The maximum absolute atomic E-state index is 12.1. The summed E-state index contributed by atoms with van der Waals surface area (Å²) in [7, 11) is 0. The molecular weight excluding hydrogens is 492 g/mol. The van der Waals surface area contributed by atoms with Gasteiger partial charge < -0.3 is 14.2 Å². The minimum absolute atomic E-state index is 0.0812. The van der Waals surface area contributed by atoms with Crippen LogP contribution < -0.4 is 0 Å². The molecule has 0 aromatic rings. The van der Waals surface area contributed by atoms with Crippen LogP contribution in [0, 0.1) is 0 Å². The number of carbonyl (C=O) groups excluding carboxylic acids is 3. The van der Waals surface area contributed by atoms with E-state index >= 15 is 0 Å². The number of hydrogen-bond donors (Lipinski definition) is 0. The van der Waals surface area contributed by atoms with Crippen molar-refractivity contribution in [1.82, 2.24) is 0 Å². The van der Waals surface area contributed by atoms with Crippen molar-refractivity contribution in [3.63, 3.8) is 0 Å². The Balaban J connectivity index is 3.79. The molecule has 0 N–H and O–H groups in total. The molecule has 0 aliphatic rings. The molecule has 0 aliphatic heterocycles. The van der Waals surface area contributed by atoms with Crippen LogP contribution >= 0.6 is 0 Å². The minimum Gasteiger partial charge on any atom is -0.462 e. The van der Waals surface area contributed by atoms with E-state index in [4.69, 9.17) is 14.2 Å². The van der Waals surface area contributed by atoms with Gasteiger partial charge in [-0.15, -0.1) is 0 Å². The smallest absolute Gasteiger partial charge is 0.305 e. The largest absolute Gasteiger partial charge is 0.462 e. The normalized spacial score (nSPS) is 11.1. The highest BCUT2D eigenvalue weighted by molar-refractivity contribution is 5.70. The molecule has 0 bridgehead atoms. The van der Waals surface area contributed by atoms with Crippen molar-refractivity contribution in [3.8, 4) is 0 Å². The predicted molar refractivity (Wildman–Crippen MR) is 160 cm³/mol. The highest BCUT2D eigenvalue weighted by Crippen LogP contribution is 2.14. The monoisotopic (exact) mass is 554 g/mol. The van der Waals surface area contributed by atoms with Crippen molar-refractivity contribution in [2.75, 3.05) is 13.2 Å². The molecule has 0 heterocycles. The quantitative estimate of drug-likeness (QED) is 0.0520. The highest BCUT2D eigenvalue weighted by atomic mass is 16.6. The Labute approximate surface area is 240 Å². The number of unbranched alkanes of at least 4 members (excludes halogenated alkanes) is 20. The second kappa shape index (κ2) is 29.4. The van der Waals surface area contributed by atoms with Crippen molar-refractivity contribution in [2.24, 2.45) is 0 Å². The highest BCUT2D eigenvalue weighted by Gasteiger charge is 2.17. The first kappa shape index (κ1) is 37.4. The zero-order chi connectivity index (χ0) is 28.8. The van der Waals surface area contributed by atoms with Gasteiger partial charge in [-0.05, 0) is 12.8 Å². The first-order valence-corrected chi connectivity index (χ1v) is 16.5. The zero-order valence-corrected chi connectivity index (χ0v) is 25.9. The van der Waals surface area contributed by atoms with Gasteiger partial charge in [0.15, 0.2) is 6.10 Å². The molecule has 6 nitrogen and oxygen atoms in total. The fourth-order valence-electron chi connectivity index (χ4n) is 4.73. The van der Waals surface area contributed by atoms with Crippen molar-refractivity contribution in [3.05, 3.63) is 0 Å². The third-order valence-corrected chi connectivity index (χ3v) is 7.16. The molecule has 0 spiro atoms. The van der Waals surface area contributed by atoms with Crippen LogP contribution in [0.3, 0.4) is 0 Å². The topological polar surface area (TPSA) is 78.9 Å². The van der Waals surface area contributed by atoms with E-state index in [1.54, 1.807) is 0 Å². The third kappa shape index (κ3) is 29.2. The van der Waals surface area contributed by atoms with Gasteiger partial charge >= 0.3 is 17.9 Å². The van der Waals surface area contributed by atoms with Crippen molar-refractivity contribution < 1.29 is 28.6 Å². The van der Waals surface area contributed by atoms with E-state index in [2.05, 4.69) is 13.8 Å². The van der Waals surface area contributed by atoms with Crippen LogP contribution in [0.5, 0.6) is 0 Å². The summed E-state index contributed by atoms with van der Waals surface area (Å²) in [6, 6.07) is 0. The van der Waals surface area contributed by atoms with Gasteiger partial charge in [-0.2, -0.15) is 0 Å². The van der Waals surface area contributed by atoms with Gasteiger partial charge in [-0.1, -0.05) is 142 Å². The molecule has 0 saturated carbocycles. The molecule has 0 aliphatic carbocycles. The Bertz CT molecular complexity index is 535. The maximum atomic E-state index is 12.1. The van der Waals surface area contributed by atoms with Gasteiger partial charge in [0.05, 0.1) is 0 Å². The molecule has 0 atom stereocenters. The van der Waals surface area contributed by atoms with E-state index in [-0.39, 0.29) is 25.2 Å². The number of hydrogen-bond acceptors (Lipinski definition) is 6. The standard InChI is InChI=1S/C33H62O6/c1-4-6-8-10-12-14-16-18-20-22-24-26-32(35)37-28-31(39-30(3)34)29-38-33(36)27-25-23-21-19-17-15-13-11-9-7-5-2/h31H,4-29H2,1-3H3. The fraction of sp³-hybridized carbons (Fsp3) is 0.909. The molecule has 0 amide bonds. The molecular formula is C33H62O6. The van der Waals surface area contributed by atoms with E-state index in [0.29, 0.717) is 12.8 Å². The fourth-order valence-corrected chi connectivity index (χ4v) is 4.73. The van der Waals surface area contributed by atoms with Gasteiger partial charge in [0.1, 0.15) is 13.2 Å².